The van der Waals surface area contributed by atoms with Crippen LogP contribution in [0.15, 0.2) is 18.2 Å². The summed E-state index contributed by atoms with van der Waals surface area (Å²) in [5, 5.41) is 19.6. The van der Waals surface area contributed by atoms with Gasteiger partial charge in [0.2, 0.25) is 12.7 Å². The van der Waals surface area contributed by atoms with Gasteiger partial charge in [-0.2, -0.15) is 0 Å². The van der Waals surface area contributed by atoms with Crippen LogP contribution in [0.4, 0.5) is 0 Å². The van der Waals surface area contributed by atoms with Gasteiger partial charge in [0.15, 0.2) is 11.5 Å². The van der Waals surface area contributed by atoms with E-state index in [1.165, 1.54) is 0 Å². The molecule has 2 aliphatic rings. The SMILES string of the molecule is CCCCN(CCCO)C(=O)CN1C[C@H](c2ccc3c(c2)OCO3)C(C(=O)O)[C@@H]1CC(C)CCC. The smallest absolute Gasteiger partial charge is 0.308 e. The molecule has 0 saturated carbocycles. The number of aliphatic hydroxyl groups excluding tert-OH is 1. The Morgan fingerprint density at radius 3 is 2.57 bits per heavy atom. The van der Waals surface area contributed by atoms with E-state index in [4.69, 9.17) is 9.47 Å². The minimum absolute atomic E-state index is 0.00974. The number of hydrogen-bond donors (Lipinski definition) is 2. The highest BCUT2D eigenvalue weighted by atomic mass is 16.7. The number of carboxylic acids is 1. The molecule has 3 rings (SSSR count). The number of benzene rings is 1. The van der Waals surface area contributed by atoms with Crippen molar-refractivity contribution in [3.05, 3.63) is 23.8 Å². The second kappa shape index (κ2) is 13.1. The number of amides is 1. The fourth-order valence-electron chi connectivity index (χ4n) is 5.54. The predicted molar refractivity (Wildman–Crippen MR) is 134 cm³/mol. The van der Waals surface area contributed by atoms with Crippen molar-refractivity contribution >= 4 is 11.9 Å². The Balaban J connectivity index is 1.86. The highest BCUT2D eigenvalue weighted by Gasteiger charge is 2.47. The quantitative estimate of drug-likeness (QED) is 0.410. The van der Waals surface area contributed by atoms with Gasteiger partial charge in [0.1, 0.15) is 0 Å². The summed E-state index contributed by atoms with van der Waals surface area (Å²) < 4.78 is 11.0. The van der Waals surface area contributed by atoms with E-state index < -0.39 is 11.9 Å². The van der Waals surface area contributed by atoms with Crippen LogP contribution in [0.5, 0.6) is 11.5 Å². The molecule has 1 aromatic carbocycles. The van der Waals surface area contributed by atoms with E-state index in [0.717, 1.165) is 37.7 Å². The lowest BCUT2D eigenvalue weighted by Gasteiger charge is -2.31. The van der Waals surface area contributed by atoms with Crippen LogP contribution in [0.3, 0.4) is 0 Å². The van der Waals surface area contributed by atoms with Crippen LogP contribution in [0.25, 0.3) is 0 Å². The number of ether oxygens (including phenoxy) is 2. The van der Waals surface area contributed by atoms with Crippen molar-refractivity contribution < 1.29 is 29.3 Å². The van der Waals surface area contributed by atoms with Crippen LogP contribution >= 0.6 is 0 Å². The third kappa shape index (κ3) is 6.88. The monoisotopic (exact) mass is 490 g/mol. The number of carbonyl (C=O) groups is 2. The van der Waals surface area contributed by atoms with Crippen LogP contribution in [0.2, 0.25) is 0 Å². The first kappa shape index (κ1) is 27.3. The van der Waals surface area contributed by atoms with E-state index in [1.54, 1.807) is 0 Å². The summed E-state index contributed by atoms with van der Waals surface area (Å²) in [6.07, 6.45) is 5.25. The van der Waals surface area contributed by atoms with Crippen LogP contribution in [-0.4, -0.2) is 77.5 Å². The number of rotatable bonds is 14. The van der Waals surface area contributed by atoms with Gasteiger partial charge >= 0.3 is 5.97 Å². The molecule has 2 unspecified atom stereocenters. The van der Waals surface area contributed by atoms with Crippen molar-refractivity contribution in [2.24, 2.45) is 11.8 Å². The zero-order chi connectivity index (χ0) is 25.4. The molecule has 0 spiro atoms. The largest absolute Gasteiger partial charge is 0.481 e. The molecule has 0 aliphatic carbocycles. The lowest BCUT2D eigenvalue weighted by atomic mass is 9.81. The topological polar surface area (TPSA) is 99.5 Å². The van der Waals surface area contributed by atoms with Crippen molar-refractivity contribution in [1.82, 2.24) is 9.80 Å². The predicted octanol–water partition coefficient (Wildman–Crippen LogP) is 3.72. The van der Waals surface area contributed by atoms with E-state index in [0.29, 0.717) is 43.5 Å². The lowest BCUT2D eigenvalue weighted by molar-refractivity contribution is -0.144. The van der Waals surface area contributed by atoms with E-state index in [9.17, 15) is 19.8 Å². The molecule has 0 radical (unpaired) electrons. The third-order valence-corrected chi connectivity index (χ3v) is 7.34. The van der Waals surface area contributed by atoms with Crippen LogP contribution < -0.4 is 9.47 Å². The van der Waals surface area contributed by atoms with Gasteiger partial charge in [-0.1, -0.05) is 46.1 Å². The van der Waals surface area contributed by atoms with Crippen LogP contribution in [-0.2, 0) is 9.59 Å². The molecule has 1 saturated heterocycles. The molecule has 4 atom stereocenters. The Hall–Kier alpha value is -2.32. The highest BCUT2D eigenvalue weighted by molar-refractivity contribution is 5.79. The van der Waals surface area contributed by atoms with E-state index in [2.05, 4.69) is 25.7 Å². The molecule has 2 N–H and O–H groups in total. The molecule has 2 heterocycles. The average molecular weight is 491 g/mol. The van der Waals surface area contributed by atoms with Gasteiger partial charge in [-0.25, -0.2) is 0 Å². The molecule has 0 bridgehead atoms. The zero-order valence-corrected chi connectivity index (χ0v) is 21.4. The molecule has 1 aromatic rings. The minimum Gasteiger partial charge on any atom is -0.481 e. The number of aliphatic carboxylic acids is 1. The number of hydrogen-bond acceptors (Lipinski definition) is 6. The number of nitrogens with zero attached hydrogens (tertiary/aromatic N) is 2. The number of carbonyl (C=O) groups excluding carboxylic acids is 1. The Morgan fingerprint density at radius 2 is 1.89 bits per heavy atom. The van der Waals surface area contributed by atoms with Gasteiger partial charge in [0.05, 0.1) is 12.5 Å². The Kier molecular flexibility index (Phi) is 10.2. The first-order chi connectivity index (χ1) is 16.9. The van der Waals surface area contributed by atoms with E-state index in [1.807, 2.05) is 23.1 Å². The van der Waals surface area contributed by atoms with E-state index >= 15 is 0 Å². The fraction of sp³-hybridized carbons (Fsp3) is 0.704. The number of carboxylic acid groups (broad SMARTS) is 1. The summed E-state index contributed by atoms with van der Waals surface area (Å²) in [6.45, 7) is 8.51. The molecule has 0 aromatic heterocycles. The number of unbranched alkanes of at least 4 members (excludes halogenated alkanes) is 1. The lowest BCUT2D eigenvalue weighted by Crippen LogP contribution is -2.45. The molecule has 8 heteroatoms. The van der Waals surface area contributed by atoms with Crippen molar-refractivity contribution in [2.45, 2.75) is 71.3 Å². The maximum absolute atomic E-state index is 13.4. The summed E-state index contributed by atoms with van der Waals surface area (Å²) in [4.78, 5) is 29.9. The normalized spacial score (nSPS) is 22.3. The van der Waals surface area contributed by atoms with Crippen LogP contribution in [0.1, 0.15) is 70.8 Å². The van der Waals surface area contributed by atoms with Gasteiger partial charge in [-0.15, -0.1) is 0 Å². The summed E-state index contributed by atoms with van der Waals surface area (Å²) >= 11 is 0. The molecule has 8 nitrogen and oxygen atoms in total. The van der Waals surface area contributed by atoms with Crippen molar-refractivity contribution in [3.8, 4) is 11.5 Å². The van der Waals surface area contributed by atoms with Gasteiger partial charge in [0.25, 0.3) is 0 Å². The third-order valence-electron chi connectivity index (χ3n) is 7.34. The average Bonchev–Trinajstić information content (AvgIpc) is 3.43. The molecular weight excluding hydrogens is 448 g/mol. The first-order valence-corrected chi connectivity index (χ1v) is 13.1. The van der Waals surface area contributed by atoms with Crippen molar-refractivity contribution in [2.75, 3.05) is 39.6 Å². The zero-order valence-electron chi connectivity index (χ0n) is 21.4. The molecule has 1 fully saturated rings. The molecule has 35 heavy (non-hydrogen) atoms. The van der Waals surface area contributed by atoms with Gasteiger partial charge in [-0.3, -0.25) is 14.5 Å². The molecule has 2 aliphatic heterocycles. The summed E-state index contributed by atoms with van der Waals surface area (Å²) in [5.74, 6) is 0.0284. The van der Waals surface area contributed by atoms with Crippen molar-refractivity contribution in [1.29, 1.82) is 0 Å². The first-order valence-electron chi connectivity index (χ1n) is 13.1. The molecular formula is C27H42N2O6. The maximum Gasteiger partial charge on any atom is 0.308 e. The fourth-order valence-corrected chi connectivity index (χ4v) is 5.54. The second-order valence-electron chi connectivity index (χ2n) is 10.0. The van der Waals surface area contributed by atoms with Gasteiger partial charge < -0.3 is 24.6 Å². The Bertz CT molecular complexity index is 839. The number of fused-ring (bicyclic) bond motifs is 1. The highest BCUT2D eigenvalue weighted by Crippen LogP contribution is 2.43. The summed E-state index contributed by atoms with van der Waals surface area (Å²) in [7, 11) is 0. The summed E-state index contributed by atoms with van der Waals surface area (Å²) in [5.41, 5.74) is 0.910. The number of aliphatic hydroxyl groups is 1. The number of likely N-dealkylation sites (tertiary alicyclic amines) is 1. The Morgan fingerprint density at radius 1 is 1.14 bits per heavy atom. The van der Waals surface area contributed by atoms with Crippen molar-refractivity contribution in [3.63, 3.8) is 0 Å². The van der Waals surface area contributed by atoms with E-state index in [-0.39, 0.29) is 37.8 Å². The second-order valence-corrected chi connectivity index (χ2v) is 10.0. The Labute approximate surface area is 209 Å². The van der Waals surface area contributed by atoms with Crippen LogP contribution in [0, 0.1) is 11.8 Å². The minimum atomic E-state index is -0.820. The summed E-state index contributed by atoms with van der Waals surface area (Å²) in [6, 6.07) is 5.45. The standard InChI is InChI=1S/C27H42N2O6/c1-4-6-11-28(12-7-13-30)25(31)17-29-16-21(20-9-10-23-24(15-20)35-18-34-23)26(27(32)33)22(29)14-19(3)8-5-2/h9-10,15,19,21-22,26,30H,4-8,11-14,16-18H2,1-3H3,(H,32,33)/t19?,21-,22+,26?/m1/s1. The van der Waals surface area contributed by atoms with Gasteiger partial charge in [0, 0.05) is 38.2 Å². The molecule has 1 amide bonds. The van der Waals surface area contributed by atoms with Gasteiger partial charge in [-0.05, 0) is 42.9 Å². The maximum atomic E-state index is 13.4. The molecule has 196 valence electrons.